The second kappa shape index (κ2) is 23.5. The second-order valence-corrected chi connectivity index (χ2v) is 8.60. The van der Waals surface area contributed by atoms with Crippen molar-refractivity contribution >= 4 is 104 Å². The molecule has 1 saturated heterocycles. The van der Waals surface area contributed by atoms with Gasteiger partial charge in [0, 0.05) is 39.3 Å². The van der Waals surface area contributed by atoms with Crippen molar-refractivity contribution in [2.75, 3.05) is 52.4 Å². The molecule has 3 heterocycles. The van der Waals surface area contributed by atoms with Gasteiger partial charge in [-0.15, -0.1) is 67.9 Å². The first-order valence-electron chi connectivity index (χ1n) is 12.5. The van der Waals surface area contributed by atoms with E-state index in [0.29, 0.717) is 13.1 Å². The highest BCUT2D eigenvalue weighted by molar-refractivity contribution is 8.93. The largest absolute Gasteiger partial charge is 0.433 e. The Morgan fingerprint density at radius 1 is 0.750 bits per heavy atom. The first-order chi connectivity index (χ1) is 19.3. The fourth-order valence-electron chi connectivity index (χ4n) is 3.69. The van der Waals surface area contributed by atoms with E-state index in [2.05, 4.69) is 41.5 Å². The highest BCUT2D eigenvalue weighted by Gasteiger charge is 2.16. The number of guanidine groups is 2. The van der Waals surface area contributed by atoms with Gasteiger partial charge in [-0.3, -0.25) is 31.0 Å². The average molecular weight is 884 g/mol. The van der Waals surface area contributed by atoms with Gasteiger partial charge < -0.3 is 29.3 Å². The topological polar surface area (TPSA) is 240 Å². The van der Waals surface area contributed by atoms with Gasteiger partial charge in [0.15, 0.2) is 11.5 Å². The first kappa shape index (κ1) is 43.2. The van der Waals surface area contributed by atoms with E-state index < -0.39 is 9.85 Å². The molecule has 2 aromatic rings. The molecule has 6 N–H and O–H groups in total. The van der Waals surface area contributed by atoms with E-state index in [1.807, 2.05) is 0 Å². The summed E-state index contributed by atoms with van der Waals surface area (Å²) >= 11 is 0. The molecule has 1 fully saturated rings. The molecule has 248 valence electrons. The summed E-state index contributed by atoms with van der Waals surface area (Å²) in [5.41, 5.74) is 5.01. The fourth-order valence-corrected chi connectivity index (χ4v) is 3.69. The molecule has 1 aliphatic heterocycles. The van der Waals surface area contributed by atoms with E-state index in [0.717, 1.165) is 52.1 Å². The van der Waals surface area contributed by atoms with Crippen molar-refractivity contribution in [2.45, 2.75) is 12.8 Å². The molecule has 0 radical (unpaired) electrons. The van der Waals surface area contributed by atoms with Gasteiger partial charge in [0.25, 0.3) is 0 Å². The van der Waals surface area contributed by atoms with Crippen LogP contribution in [0.15, 0.2) is 43.3 Å². The summed E-state index contributed by atoms with van der Waals surface area (Å²) < 4.78 is 9.89. The standard InChI is InChI=1S/C22H32N12O6.4BrH/c23-21(29-27-15-17-3-5-19(39-17)33(35)36)25-7-1-9-31-11-13-32(14-12-31)10-2-8-26-22(24)30-28-16-18-4-6-20(40-18)34(37)38;;;;/h3-6,15-16H,1-2,7-14H2,(H3,23,25,29)(H3,24,26,30);4*1H. The zero-order chi connectivity index (χ0) is 28.7. The molecule has 3 rings (SSSR count). The Bertz CT molecular complexity index is 1130. The summed E-state index contributed by atoms with van der Waals surface area (Å²) in [6, 6.07) is 5.31. The number of halogens is 4. The van der Waals surface area contributed by atoms with Crippen LogP contribution < -0.4 is 21.5 Å². The van der Waals surface area contributed by atoms with E-state index in [1.54, 1.807) is 0 Å². The lowest BCUT2D eigenvalue weighted by Gasteiger charge is -2.34. The van der Waals surface area contributed by atoms with Crippen LogP contribution in [0.4, 0.5) is 11.8 Å². The zero-order valence-electron chi connectivity index (χ0n) is 23.3. The molecule has 18 nitrogen and oxygen atoms in total. The monoisotopic (exact) mass is 880 g/mol. The molecule has 0 atom stereocenters. The van der Waals surface area contributed by atoms with E-state index in [4.69, 9.17) is 19.7 Å². The molecular formula is C22H36Br4N12O6. The zero-order valence-corrected chi connectivity index (χ0v) is 30.2. The Morgan fingerprint density at radius 3 is 1.43 bits per heavy atom. The van der Waals surface area contributed by atoms with Gasteiger partial charge in [0.1, 0.15) is 9.85 Å². The van der Waals surface area contributed by atoms with Crippen LogP contribution in [0.5, 0.6) is 0 Å². The Kier molecular flexibility index (Phi) is 23.0. The summed E-state index contributed by atoms with van der Waals surface area (Å²) in [6.45, 7) is 6.85. The van der Waals surface area contributed by atoms with Crippen LogP contribution in [0.2, 0.25) is 0 Å². The molecule has 2 aromatic heterocycles. The van der Waals surface area contributed by atoms with Crippen molar-refractivity contribution in [1.82, 2.24) is 31.3 Å². The number of piperazine rings is 1. The lowest BCUT2D eigenvalue weighted by Crippen LogP contribution is -2.47. The number of nitrogens with one attached hydrogen (secondary N) is 6. The molecule has 0 saturated carbocycles. The van der Waals surface area contributed by atoms with Crippen molar-refractivity contribution in [3.05, 3.63) is 56.0 Å². The minimum atomic E-state index is -0.634. The molecule has 22 heteroatoms. The minimum absolute atomic E-state index is 0. The third-order valence-electron chi connectivity index (χ3n) is 5.69. The maximum atomic E-state index is 10.6. The summed E-state index contributed by atoms with van der Waals surface area (Å²) in [5, 5.41) is 50.3. The summed E-state index contributed by atoms with van der Waals surface area (Å²) in [7, 11) is 0. The van der Waals surface area contributed by atoms with Crippen LogP contribution in [0.1, 0.15) is 24.4 Å². The lowest BCUT2D eigenvalue weighted by atomic mass is 10.2. The molecule has 0 amide bonds. The van der Waals surface area contributed by atoms with Gasteiger partial charge in [-0.2, -0.15) is 10.2 Å². The average Bonchev–Trinajstić information content (AvgIpc) is 3.60. The molecule has 0 bridgehead atoms. The predicted octanol–water partition coefficient (Wildman–Crippen LogP) is 2.99. The van der Waals surface area contributed by atoms with Crippen LogP contribution in [0.3, 0.4) is 0 Å². The van der Waals surface area contributed by atoms with Gasteiger partial charge in [-0.05, 0) is 38.1 Å². The Morgan fingerprint density at radius 2 is 1.11 bits per heavy atom. The molecule has 44 heavy (non-hydrogen) atoms. The third kappa shape index (κ3) is 16.2. The maximum Gasteiger partial charge on any atom is 0.433 e. The second-order valence-electron chi connectivity index (χ2n) is 8.60. The number of nitro groups is 2. The van der Waals surface area contributed by atoms with Crippen molar-refractivity contribution in [2.24, 2.45) is 10.2 Å². The van der Waals surface area contributed by atoms with E-state index in [-0.39, 0.29) is 103 Å². The molecule has 0 aliphatic carbocycles. The third-order valence-corrected chi connectivity index (χ3v) is 5.69. The van der Waals surface area contributed by atoms with E-state index >= 15 is 0 Å². The highest BCUT2D eigenvalue weighted by Crippen LogP contribution is 2.14. The molecule has 0 unspecified atom stereocenters. The molecular weight excluding hydrogens is 848 g/mol. The Balaban J connectivity index is 0. The number of nitrogens with zero attached hydrogens (tertiary/aromatic N) is 6. The molecule has 0 aromatic carbocycles. The van der Waals surface area contributed by atoms with Crippen LogP contribution in [-0.2, 0) is 0 Å². The van der Waals surface area contributed by atoms with Crippen molar-refractivity contribution in [3.8, 4) is 0 Å². The summed E-state index contributed by atoms with van der Waals surface area (Å²) in [5.74, 6) is -0.270. The normalized spacial score (nSPS) is 13.1. The highest BCUT2D eigenvalue weighted by atomic mass is 79.9. The number of hydrogen-bond acceptors (Lipinski definition) is 12. The summed E-state index contributed by atoms with van der Waals surface area (Å²) in [6.07, 6.45) is 4.24. The number of furan rings is 2. The van der Waals surface area contributed by atoms with E-state index in [1.165, 1.54) is 36.7 Å². The van der Waals surface area contributed by atoms with Gasteiger partial charge in [0.2, 0.25) is 11.9 Å². The van der Waals surface area contributed by atoms with Crippen LogP contribution in [-0.4, -0.2) is 96.4 Å². The van der Waals surface area contributed by atoms with Crippen molar-refractivity contribution in [1.29, 1.82) is 10.8 Å². The first-order valence-corrected chi connectivity index (χ1v) is 12.5. The van der Waals surface area contributed by atoms with Gasteiger partial charge in [-0.25, -0.2) is 10.9 Å². The van der Waals surface area contributed by atoms with Crippen LogP contribution in [0, 0.1) is 31.0 Å². The quantitative estimate of drug-likeness (QED) is 0.0528. The van der Waals surface area contributed by atoms with Crippen molar-refractivity contribution in [3.63, 3.8) is 0 Å². The number of hydrazone groups is 2. The number of hydrogen-bond donors (Lipinski definition) is 6. The van der Waals surface area contributed by atoms with Gasteiger partial charge in [0.05, 0.1) is 24.6 Å². The smallest absolute Gasteiger partial charge is 0.400 e. The fraction of sp³-hybridized carbons (Fsp3) is 0.455. The number of rotatable bonds is 14. The SMILES string of the molecule is Br.Br.Br.Br.N=C(NCCCN1CCN(CCCNC(=N)NN=Cc2ccc([N+](=O)[O-])o2)CC1)NN=Cc1ccc([N+](=O)[O-])o1. The molecule has 0 spiro atoms. The van der Waals surface area contributed by atoms with Crippen LogP contribution in [0.25, 0.3) is 0 Å². The summed E-state index contributed by atoms with van der Waals surface area (Å²) in [4.78, 5) is 24.7. The van der Waals surface area contributed by atoms with Crippen LogP contribution >= 0.6 is 67.9 Å². The Hall–Kier alpha value is -2.92. The van der Waals surface area contributed by atoms with Gasteiger partial charge >= 0.3 is 11.8 Å². The maximum absolute atomic E-state index is 10.6. The van der Waals surface area contributed by atoms with Gasteiger partial charge in [-0.1, -0.05) is 0 Å². The lowest BCUT2D eigenvalue weighted by molar-refractivity contribution is -0.402. The Labute approximate surface area is 294 Å². The molecule has 1 aliphatic rings. The minimum Gasteiger partial charge on any atom is -0.400 e. The predicted molar refractivity (Wildman–Crippen MR) is 187 cm³/mol. The van der Waals surface area contributed by atoms with Crippen molar-refractivity contribution < 1.29 is 18.7 Å². The van der Waals surface area contributed by atoms with E-state index in [9.17, 15) is 20.2 Å².